The molecule has 5 nitrogen and oxygen atoms in total. The summed E-state index contributed by atoms with van der Waals surface area (Å²) in [4.78, 5) is 3.72. The van der Waals surface area contributed by atoms with Crippen LogP contribution in [0.3, 0.4) is 0 Å². The Morgan fingerprint density at radius 2 is 2.05 bits per heavy atom. The second-order valence-corrected chi connectivity index (χ2v) is 7.35. The molecule has 1 aromatic carbocycles. The lowest BCUT2D eigenvalue weighted by atomic mass is 10.2. The van der Waals surface area contributed by atoms with Crippen molar-refractivity contribution in [1.29, 1.82) is 0 Å². The number of nitrogens with zero attached hydrogens (tertiary/aromatic N) is 1. The number of benzene rings is 1. The van der Waals surface area contributed by atoms with Crippen LogP contribution < -0.4 is 10.5 Å². The summed E-state index contributed by atoms with van der Waals surface area (Å²) in [5.74, 6) is 0.0929. The Kier molecular flexibility index (Phi) is 3.48. The van der Waals surface area contributed by atoms with E-state index < -0.39 is 10.0 Å². The van der Waals surface area contributed by atoms with Crippen molar-refractivity contribution in [1.82, 2.24) is 4.98 Å². The van der Waals surface area contributed by atoms with Crippen LogP contribution >= 0.6 is 22.9 Å². The summed E-state index contributed by atoms with van der Waals surface area (Å²) < 4.78 is 28.2. The lowest BCUT2D eigenvalue weighted by Crippen LogP contribution is -2.13. The SMILES string of the molecule is Nc1ncc(S(=O)(=O)Nc2ccc3sccc3c2)cc1Cl. The van der Waals surface area contributed by atoms with Gasteiger partial charge in [-0.2, -0.15) is 0 Å². The molecule has 0 fully saturated rings. The van der Waals surface area contributed by atoms with Gasteiger partial charge in [-0.05, 0) is 41.1 Å². The van der Waals surface area contributed by atoms with Gasteiger partial charge in [0.2, 0.25) is 0 Å². The molecular weight excluding hydrogens is 330 g/mol. The molecule has 3 aromatic rings. The topological polar surface area (TPSA) is 85.1 Å². The van der Waals surface area contributed by atoms with Crippen LogP contribution in [0.2, 0.25) is 5.02 Å². The van der Waals surface area contributed by atoms with Crippen molar-refractivity contribution >= 4 is 54.6 Å². The average molecular weight is 340 g/mol. The highest BCUT2D eigenvalue weighted by Crippen LogP contribution is 2.26. The van der Waals surface area contributed by atoms with E-state index in [4.69, 9.17) is 17.3 Å². The van der Waals surface area contributed by atoms with E-state index in [9.17, 15) is 8.42 Å². The van der Waals surface area contributed by atoms with Crippen LogP contribution in [0, 0.1) is 0 Å². The molecule has 0 atom stereocenters. The molecule has 0 aliphatic heterocycles. The molecule has 0 spiro atoms. The molecule has 3 N–H and O–H groups in total. The molecular formula is C13H10ClN3O2S2. The highest BCUT2D eigenvalue weighted by atomic mass is 35.5. The second kappa shape index (κ2) is 5.18. The van der Waals surface area contributed by atoms with E-state index in [1.54, 1.807) is 23.5 Å². The van der Waals surface area contributed by atoms with Gasteiger partial charge in [-0.1, -0.05) is 11.6 Å². The Morgan fingerprint density at radius 1 is 1.24 bits per heavy atom. The molecule has 0 saturated heterocycles. The number of hydrogen-bond acceptors (Lipinski definition) is 5. The van der Waals surface area contributed by atoms with Gasteiger partial charge in [0, 0.05) is 16.6 Å². The molecule has 0 aliphatic rings. The summed E-state index contributed by atoms with van der Waals surface area (Å²) in [7, 11) is -3.75. The van der Waals surface area contributed by atoms with E-state index in [-0.39, 0.29) is 15.7 Å². The van der Waals surface area contributed by atoms with Crippen molar-refractivity contribution in [3.63, 3.8) is 0 Å². The quantitative estimate of drug-likeness (QED) is 0.766. The minimum atomic E-state index is -3.75. The first-order chi connectivity index (χ1) is 9.95. The van der Waals surface area contributed by atoms with Crippen LogP contribution in [0.15, 0.2) is 46.8 Å². The maximum atomic E-state index is 12.3. The number of fused-ring (bicyclic) bond motifs is 1. The van der Waals surface area contributed by atoms with Crippen LogP contribution in [0.1, 0.15) is 0 Å². The molecule has 0 saturated carbocycles. The third-order valence-corrected chi connectivity index (χ3v) is 5.41. The zero-order chi connectivity index (χ0) is 15.0. The number of thiophene rings is 1. The first kappa shape index (κ1) is 14.1. The number of aromatic nitrogens is 1. The van der Waals surface area contributed by atoms with E-state index in [2.05, 4.69) is 9.71 Å². The van der Waals surface area contributed by atoms with Crippen LogP contribution in [0.4, 0.5) is 11.5 Å². The Hall–Kier alpha value is -1.83. The first-order valence-electron chi connectivity index (χ1n) is 5.87. The lowest BCUT2D eigenvalue weighted by molar-refractivity contribution is 0.601. The predicted octanol–water partition coefficient (Wildman–Crippen LogP) is 3.33. The number of nitrogens with one attached hydrogen (secondary N) is 1. The molecule has 8 heteroatoms. The largest absolute Gasteiger partial charge is 0.382 e. The van der Waals surface area contributed by atoms with Gasteiger partial charge in [0.05, 0.1) is 5.02 Å². The van der Waals surface area contributed by atoms with Gasteiger partial charge < -0.3 is 5.73 Å². The summed E-state index contributed by atoms with van der Waals surface area (Å²) in [6.07, 6.45) is 1.17. The second-order valence-electron chi connectivity index (χ2n) is 4.32. The van der Waals surface area contributed by atoms with Crippen LogP contribution in [0.25, 0.3) is 10.1 Å². The van der Waals surface area contributed by atoms with Crippen LogP contribution in [-0.2, 0) is 10.0 Å². The van der Waals surface area contributed by atoms with Gasteiger partial charge >= 0.3 is 0 Å². The summed E-state index contributed by atoms with van der Waals surface area (Å²) >= 11 is 7.40. The number of nitrogens with two attached hydrogens (primary N) is 1. The fraction of sp³-hybridized carbons (Fsp3) is 0. The van der Waals surface area contributed by atoms with Gasteiger partial charge in [0.15, 0.2) is 0 Å². The van der Waals surface area contributed by atoms with Gasteiger partial charge in [0.25, 0.3) is 10.0 Å². The molecule has 0 aliphatic carbocycles. The summed E-state index contributed by atoms with van der Waals surface area (Å²) in [6, 6.07) is 8.55. The Bertz CT molecular complexity index is 922. The summed E-state index contributed by atoms with van der Waals surface area (Å²) in [6.45, 7) is 0. The number of rotatable bonds is 3. The van der Waals surface area contributed by atoms with Crippen molar-refractivity contribution in [2.45, 2.75) is 4.90 Å². The minimum Gasteiger partial charge on any atom is -0.382 e. The zero-order valence-corrected chi connectivity index (χ0v) is 13.0. The molecule has 0 unspecified atom stereocenters. The molecule has 0 amide bonds. The van der Waals surface area contributed by atoms with Crippen LogP contribution in [0.5, 0.6) is 0 Å². The van der Waals surface area contributed by atoms with Crippen molar-refractivity contribution in [3.8, 4) is 0 Å². The fourth-order valence-corrected chi connectivity index (χ4v) is 3.84. The number of hydrogen-bond donors (Lipinski definition) is 2. The van der Waals surface area contributed by atoms with Gasteiger partial charge in [-0.3, -0.25) is 4.72 Å². The molecule has 0 bridgehead atoms. The Labute approximate surface area is 130 Å². The number of sulfonamides is 1. The molecule has 2 heterocycles. The fourth-order valence-electron chi connectivity index (χ4n) is 1.82. The number of pyridine rings is 1. The monoisotopic (exact) mass is 339 g/mol. The third kappa shape index (κ3) is 2.80. The summed E-state index contributed by atoms with van der Waals surface area (Å²) in [5.41, 5.74) is 5.96. The van der Waals surface area contributed by atoms with E-state index in [1.807, 2.05) is 17.5 Å². The van der Waals surface area contributed by atoms with Crippen molar-refractivity contribution < 1.29 is 8.42 Å². The normalized spacial score (nSPS) is 11.7. The minimum absolute atomic E-state index is 0.0351. The van der Waals surface area contributed by atoms with Crippen molar-refractivity contribution in [2.75, 3.05) is 10.5 Å². The average Bonchev–Trinajstić information content (AvgIpc) is 2.88. The smallest absolute Gasteiger partial charge is 0.263 e. The number of nitrogen functional groups attached to an aromatic ring is 1. The Morgan fingerprint density at radius 3 is 2.81 bits per heavy atom. The van der Waals surface area contributed by atoms with Gasteiger partial charge in [-0.15, -0.1) is 11.3 Å². The highest BCUT2D eigenvalue weighted by Gasteiger charge is 2.16. The van der Waals surface area contributed by atoms with Gasteiger partial charge in [0.1, 0.15) is 10.7 Å². The summed E-state index contributed by atoms with van der Waals surface area (Å²) in [5, 5.41) is 3.03. The lowest BCUT2D eigenvalue weighted by Gasteiger charge is -2.08. The van der Waals surface area contributed by atoms with Gasteiger partial charge in [-0.25, -0.2) is 13.4 Å². The van der Waals surface area contributed by atoms with Crippen molar-refractivity contribution in [2.24, 2.45) is 0 Å². The van der Waals surface area contributed by atoms with E-state index in [0.717, 1.165) is 10.1 Å². The van der Waals surface area contributed by atoms with Crippen LogP contribution in [-0.4, -0.2) is 13.4 Å². The standard InChI is InChI=1S/C13H10ClN3O2S2/c14-11-6-10(7-16-13(11)15)21(18,19)17-9-1-2-12-8(5-9)3-4-20-12/h1-7,17H,(H2,15,16). The van der Waals surface area contributed by atoms with E-state index >= 15 is 0 Å². The molecule has 2 aromatic heterocycles. The predicted molar refractivity (Wildman–Crippen MR) is 86.3 cm³/mol. The molecule has 21 heavy (non-hydrogen) atoms. The van der Waals surface area contributed by atoms with Crippen molar-refractivity contribution in [3.05, 3.63) is 46.9 Å². The molecule has 108 valence electrons. The number of halogens is 1. The first-order valence-corrected chi connectivity index (χ1v) is 8.61. The Balaban J connectivity index is 1.96. The highest BCUT2D eigenvalue weighted by molar-refractivity contribution is 7.92. The van der Waals surface area contributed by atoms with E-state index in [1.165, 1.54) is 12.3 Å². The number of anilines is 2. The zero-order valence-electron chi connectivity index (χ0n) is 10.6. The maximum Gasteiger partial charge on any atom is 0.263 e. The van der Waals surface area contributed by atoms with E-state index in [0.29, 0.717) is 5.69 Å². The third-order valence-electron chi connectivity index (χ3n) is 2.86. The molecule has 0 radical (unpaired) electrons. The maximum absolute atomic E-state index is 12.3. The molecule has 3 rings (SSSR count).